The zero-order valence-corrected chi connectivity index (χ0v) is 11.6. The van der Waals surface area contributed by atoms with Gasteiger partial charge in [0.25, 0.3) is 0 Å². The molecule has 1 amide bonds. The first-order chi connectivity index (χ1) is 8.16. The number of benzene rings is 1. The first kappa shape index (κ1) is 12.8. The molecule has 1 heterocycles. The highest BCUT2D eigenvalue weighted by Gasteiger charge is 2.23. The molecule has 17 heavy (non-hydrogen) atoms. The summed E-state index contributed by atoms with van der Waals surface area (Å²) < 4.78 is 0. The molecule has 0 saturated carbocycles. The largest absolute Gasteiger partial charge is 0.342 e. The third-order valence-electron chi connectivity index (χ3n) is 3.14. The number of carbonyl (C=O) groups is 1. The van der Waals surface area contributed by atoms with E-state index < -0.39 is 0 Å². The molecule has 0 spiro atoms. The standard InChI is InChI=1S/C13H17NOS2/c1-14(11-6-7-17-9-11)13(15)8-10-2-4-12(16)5-3-10/h2-5,11,16H,6-9H2,1H3. The number of carbonyl (C=O) groups excluding carboxylic acids is 1. The molecule has 1 aliphatic heterocycles. The molecule has 0 aromatic heterocycles. The Morgan fingerprint density at radius 1 is 1.47 bits per heavy atom. The van der Waals surface area contributed by atoms with Gasteiger partial charge >= 0.3 is 0 Å². The van der Waals surface area contributed by atoms with Crippen molar-refractivity contribution in [3.63, 3.8) is 0 Å². The summed E-state index contributed by atoms with van der Waals surface area (Å²) in [7, 11) is 1.92. The minimum absolute atomic E-state index is 0.212. The van der Waals surface area contributed by atoms with Crippen LogP contribution in [0.1, 0.15) is 12.0 Å². The van der Waals surface area contributed by atoms with Gasteiger partial charge in [-0.3, -0.25) is 4.79 Å². The van der Waals surface area contributed by atoms with Gasteiger partial charge in [0, 0.05) is 23.7 Å². The summed E-state index contributed by atoms with van der Waals surface area (Å²) in [6, 6.07) is 8.22. The van der Waals surface area contributed by atoms with E-state index >= 15 is 0 Å². The number of hydrogen-bond donors (Lipinski definition) is 1. The van der Waals surface area contributed by atoms with Gasteiger partial charge < -0.3 is 4.90 Å². The first-order valence-corrected chi connectivity index (χ1v) is 7.38. The molecule has 1 saturated heterocycles. The third kappa shape index (κ3) is 3.42. The number of nitrogens with zero attached hydrogens (tertiary/aromatic N) is 1. The molecule has 1 atom stereocenters. The Hall–Kier alpha value is -0.610. The highest BCUT2D eigenvalue weighted by molar-refractivity contribution is 7.99. The highest BCUT2D eigenvalue weighted by atomic mass is 32.2. The molecule has 1 fully saturated rings. The number of amides is 1. The van der Waals surface area contributed by atoms with E-state index in [0.717, 1.165) is 22.6 Å². The number of thioether (sulfide) groups is 1. The maximum absolute atomic E-state index is 12.1. The number of likely N-dealkylation sites (N-methyl/N-ethyl adjacent to an activating group) is 1. The van der Waals surface area contributed by atoms with E-state index in [2.05, 4.69) is 12.6 Å². The summed E-state index contributed by atoms with van der Waals surface area (Å²) >= 11 is 6.17. The normalized spacial score (nSPS) is 19.3. The van der Waals surface area contributed by atoms with Gasteiger partial charge in [0.2, 0.25) is 5.91 Å². The van der Waals surface area contributed by atoms with Gasteiger partial charge in [0.1, 0.15) is 0 Å². The summed E-state index contributed by atoms with van der Waals surface area (Å²) in [6.45, 7) is 0. The average Bonchev–Trinajstić information content (AvgIpc) is 2.84. The second-order valence-electron chi connectivity index (χ2n) is 4.37. The number of rotatable bonds is 3. The van der Waals surface area contributed by atoms with Crippen molar-refractivity contribution in [2.45, 2.75) is 23.8 Å². The predicted octanol–water partition coefficient (Wildman–Crippen LogP) is 2.48. The van der Waals surface area contributed by atoms with E-state index in [0.29, 0.717) is 12.5 Å². The van der Waals surface area contributed by atoms with Crippen molar-refractivity contribution in [3.05, 3.63) is 29.8 Å². The Balaban J connectivity index is 1.93. The summed E-state index contributed by atoms with van der Waals surface area (Å²) in [5.74, 6) is 2.47. The predicted molar refractivity (Wildman–Crippen MR) is 75.9 cm³/mol. The van der Waals surface area contributed by atoms with Crippen LogP contribution in [0, 0.1) is 0 Å². The van der Waals surface area contributed by atoms with Crippen LogP contribution in [-0.2, 0) is 11.2 Å². The smallest absolute Gasteiger partial charge is 0.227 e. The molecule has 1 aromatic carbocycles. The summed E-state index contributed by atoms with van der Waals surface area (Å²) in [4.78, 5) is 14.9. The zero-order chi connectivity index (χ0) is 12.3. The van der Waals surface area contributed by atoms with Crippen LogP contribution >= 0.6 is 24.4 Å². The molecule has 2 rings (SSSR count). The lowest BCUT2D eigenvalue weighted by Crippen LogP contribution is -2.37. The van der Waals surface area contributed by atoms with E-state index in [4.69, 9.17) is 0 Å². The summed E-state index contributed by atoms with van der Waals surface area (Å²) in [5.41, 5.74) is 1.06. The molecular weight excluding hydrogens is 250 g/mol. The van der Waals surface area contributed by atoms with Gasteiger partial charge in [-0.25, -0.2) is 0 Å². The van der Waals surface area contributed by atoms with Crippen LogP contribution in [-0.4, -0.2) is 35.4 Å². The van der Waals surface area contributed by atoms with Gasteiger partial charge in [0.05, 0.1) is 6.42 Å². The molecule has 1 unspecified atom stereocenters. The maximum atomic E-state index is 12.1. The van der Waals surface area contributed by atoms with Crippen molar-refractivity contribution in [3.8, 4) is 0 Å². The van der Waals surface area contributed by atoms with Crippen molar-refractivity contribution >= 4 is 30.3 Å². The fourth-order valence-electron chi connectivity index (χ4n) is 1.94. The van der Waals surface area contributed by atoms with Crippen LogP contribution in [0.15, 0.2) is 29.2 Å². The molecule has 0 radical (unpaired) electrons. The van der Waals surface area contributed by atoms with Crippen LogP contribution in [0.5, 0.6) is 0 Å². The Morgan fingerprint density at radius 3 is 2.76 bits per heavy atom. The number of hydrogen-bond acceptors (Lipinski definition) is 3. The van der Waals surface area contributed by atoms with Gasteiger partial charge in [-0.15, -0.1) is 12.6 Å². The SMILES string of the molecule is CN(C(=O)Cc1ccc(S)cc1)C1CCSC1. The fraction of sp³-hybridized carbons (Fsp3) is 0.462. The average molecular weight is 267 g/mol. The first-order valence-electron chi connectivity index (χ1n) is 5.78. The Kier molecular flexibility index (Phi) is 4.40. The lowest BCUT2D eigenvalue weighted by atomic mass is 10.1. The quantitative estimate of drug-likeness (QED) is 0.849. The van der Waals surface area contributed by atoms with Crippen LogP contribution < -0.4 is 0 Å². The minimum atomic E-state index is 0.212. The van der Waals surface area contributed by atoms with Crippen molar-refractivity contribution < 1.29 is 4.79 Å². The van der Waals surface area contributed by atoms with Crippen LogP contribution in [0.25, 0.3) is 0 Å². The molecule has 1 aromatic rings. The van der Waals surface area contributed by atoms with E-state index in [-0.39, 0.29) is 5.91 Å². The van der Waals surface area contributed by atoms with Gasteiger partial charge in [0.15, 0.2) is 0 Å². The van der Waals surface area contributed by atoms with Crippen molar-refractivity contribution in [2.24, 2.45) is 0 Å². The summed E-state index contributed by atoms with van der Waals surface area (Å²) in [5, 5.41) is 0. The minimum Gasteiger partial charge on any atom is -0.342 e. The molecule has 2 nitrogen and oxygen atoms in total. The van der Waals surface area contributed by atoms with Crippen molar-refractivity contribution in [2.75, 3.05) is 18.6 Å². The molecule has 4 heteroatoms. The molecule has 1 aliphatic rings. The van der Waals surface area contributed by atoms with Crippen molar-refractivity contribution in [1.82, 2.24) is 4.90 Å². The van der Waals surface area contributed by atoms with E-state index in [9.17, 15) is 4.79 Å². The Morgan fingerprint density at radius 2 is 2.18 bits per heavy atom. The second-order valence-corrected chi connectivity index (χ2v) is 6.03. The number of thiol groups is 1. The fourth-order valence-corrected chi connectivity index (χ4v) is 3.36. The van der Waals surface area contributed by atoms with Gasteiger partial charge in [-0.2, -0.15) is 11.8 Å². The van der Waals surface area contributed by atoms with Crippen LogP contribution in [0.2, 0.25) is 0 Å². The molecule has 0 aliphatic carbocycles. The monoisotopic (exact) mass is 267 g/mol. The lowest BCUT2D eigenvalue weighted by Gasteiger charge is -2.23. The van der Waals surface area contributed by atoms with E-state index in [1.54, 1.807) is 0 Å². The molecule has 0 N–H and O–H groups in total. The zero-order valence-electron chi connectivity index (χ0n) is 9.93. The Labute approximate surface area is 112 Å². The van der Waals surface area contributed by atoms with Crippen LogP contribution in [0.3, 0.4) is 0 Å². The van der Waals surface area contributed by atoms with Gasteiger partial charge in [-0.1, -0.05) is 12.1 Å². The van der Waals surface area contributed by atoms with Gasteiger partial charge in [-0.05, 0) is 29.9 Å². The molecule has 0 bridgehead atoms. The molecule has 92 valence electrons. The summed E-state index contributed by atoms with van der Waals surface area (Å²) in [6.07, 6.45) is 1.62. The lowest BCUT2D eigenvalue weighted by molar-refractivity contribution is -0.130. The second kappa shape index (κ2) is 5.83. The highest BCUT2D eigenvalue weighted by Crippen LogP contribution is 2.22. The van der Waals surface area contributed by atoms with Crippen molar-refractivity contribution in [1.29, 1.82) is 0 Å². The van der Waals surface area contributed by atoms with E-state index in [1.165, 1.54) is 5.75 Å². The van der Waals surface area contributed by atoms with E-state index in [1.807, 2.05) is 48.0 Å². The topological polar surface area (TPSA) is 20.3 Å². The van der Waals surface area contributed by atoms with Crippen LogP contribution in [0.4, 0.5) is 0 Å². The Bertz CT molecular complexity index is 385. The third-order valence-corrected chi connectivity index (χ3v) is 4.58. The molecular formula is C13H17NOS2. The maximum Gasteiger partial charge on any atom is 0.227 e.